The molecule has 0 aliphatic carbocycles. The third-order valence-electron chi connectivity index (χ3n) is 7.06. The van der Waals surface area contributed by atoms with E-state index in [1.807, 2.05) is 26.0 Å². The molecule has 1 aliphatic rings. The molecule has 4 rings (SSSR count). The Labute approximate surface area is 249 Å². The first kappa shape index (κ1) is 31.3. The standard InChI is InChI=1S/C30H36ClN3O8/c1-30(2,17-35)16-34-21-12-11-18(31)15-20(21)27(19-7-5-8-22(39-3)28(19)40-4)41-23(29(34)38)9-6-10-24-32-25(42-33-24)13-14-26(36)37/h5,7-8,11-12,15,23,27,35H,6,9-10,13-14,16-17H2,1-4H3,(H,36,37). The van der Waals surface area contributed by atoms with Gasteiger partial charge in [-0.05, 0) is 37.1 Å². The van der Waals surface area contributed by atoms with E-state index in [4.69, 9.17) is 35.4 Å². The van der Waals surface area contributed by atoms with Crippen LogP contribution in [0.3, 0.4) is 0 Å². The predicted molar refractivity (Wildman–Crippen MR) is 154 cm³/mol. The molecule has 2 unspecified atom stereocenters. The van der Waals surface area contributed by atoms with Crippen LogP contribution >= 0.6 is 11.6 Å². The first-order valence-corrected chi connectivity index (χ1v) is 14.1. The number of carbonyl (C=O) groups is 2. The number of benzene rings is 2. The van der Waals surface area contributed by atoms with Gasteiger partial charge < -0.3 is 33.8 Å². The number of aliphatic hydroxyl groups excluding tert-OH is 1. The van der Waals surface area contributed by atoms with Crippen LogP contribution in [0.1, 0.15) is 62.1 Å². The van der Waals surface area contributed by atoms with E-state index in [0.29, 0.717) is 58.4 Å². The molecule has 0 bridgehead atoms. The Balaban J connectivity index is 1.70. The van der Waals surface area contributed by atoms with Gasteiger partial charge >= 0.3 is 5.97 Å². The number of carboxylic acid groups (broad SMARTS) is 1. The molecule has 1 amide bonds. The second kappa shape index (κ2) is 13.5. The maximum Gasteiger partial charge on any atom is 0.303 e. The van der Waals surface area contributed by atoms with Crippen molar-refractivity contribution in [2.45, 2.75) is 58.2 Å². The minimum absolute atomic E-state index is 0.105. The normalized spacial score (nSPS) is 17.1. The number of aliphatic hydroxyl groups is 1. The smallest absolute Gasteiger partial charge is 0.303 e. The van der Waals surface area contributed by atoms with E-state index in [2.05, 4.69) is 10.1 Å². The van der Waals surface area contributed by atoms with Crippen LogP contribution in [0.25, 0.3) is 0 Å². The number of para-hydroxylation sites is 1. The fraction of sp³-hybridized carbons (Fsp3) is 0.467. The highest BCUT2D eigenvalue weighted by Gasteiger charge is 2.39. The van der Waals surface area contributed by atoms with Crippen LogP contribution in [0.4, 0.5) is 5.69 Å². The molecular weight excluding hydrogens is 566 g/mol. The van der Waals surface area contributed by atoms with Crippen LogP contribution in [0.5, 0.6) is 11.5 Å². The molecule has 42 heavy (non-hydrogen) atoms. The molecule has 2 atom stereocenters. The number of fused-ring (bicyclic) bond motifs is 1. The maximum absolute atomic E-state index is 14.2. The Morgan fingerprint density at radius 1 is 1.14 bits per heavy atom. The van der Waals surface area contributed by atoms with Crippen molar-refractivity contribution in [1.82, 2.24) is 10.1 Å². The van der Waals surface area contributed by atoms with Crippen molar-refractivity contribution in [3.05, 3.63) is 64.3 Å². The molecule has 2 N–H and O–H groups in total. The van der Waals surface area contributed by atoms with E-state index in [0.717, 1.165) is 0 Å². The molecule has 0 saturated carbocycles. The molecule has 11 nitrogen and oxygen atoms in total. The molecule has 1 aromatic heterocycles. The van der Waals surface area contributed by atoms with E-state index in [-0.39, 0.29) is 37.8 Å². The van der Waals surface area contributed by atoms with Crippen molar-refractivity contribution in [3.63, 3.8) is 0 Å². The Kier molecular flexibility index (Phi) is 10.1. The second-order valence-electron chi connectivity index (χ2n) is 10.9. The van der Waals surface area contributed by atoms with Crippen molar-refractivity contribution < 1.29 is 38.5 Å². The van der Waals surface area contributed by atoms with Gasteiger partial charge in [-0.25, -0.2) is 0 Å². The number of rotatable bonds is 13. The van der Waals surface area contributed by atoms with Gasteiger partial charge in [-0.1, -0.05) is 42.7 Å². The van der Waals surface area contributed by atoms with Gasteiger partial charge in [0.1, 0.15) is 12.2 Å². The number of ether oxygens (including phenoxy) is 3. The quantitative estimate of drug-likeness (QED) is 0.285. The van der Waals surface area contributed by atoms with Gasteiger partial charge in [-0.15, -0.1) is 0 Å². The lowest BCUT2D eigenvalue weighted by Gasteiger charge is -2.32. The van der Waals surface area contributed by atoms with E-state index in [1.165, 1.54) is 0 Å². The molecule has 2 heterocycles. The molecule has 226 valence electrons. The number of aryl methyl sites for hydroxylation is 2. The van der Waals surface area contributed by atoms with Crippen molar-refractivity contribution in [3.8, 4) is 11.5 Å². The van der Waals surface area contributed by atoms with Gasteiger partial charge in [0.2, 0.25) is 5.89 Å². The van der Waals surface area contributed by atoms with Crippen molar-refractivity contribution in [2.24, 2.45) is 5.41 Å². The molecule has 3 aromatic rings. The lowest BCUT2D eigenvalue weighted by molar-refractivity contribution is -0.137. The number of hydrogen-bond donors (Lipinski definition) is 2. The summed E-state index contributed by atoms with van der Waals surface area (Å²) >= 11 is 6.48. The zero-order valence-electron chi connectivity index (χ0n) is 24.1. The van der Waals surface area contributed by atoms with Gasteiger partial charge in [0.15, 0.2) is 17.3 Å². The van der Waals surface area contributed by atoms with Crippen molar-refractivity contribution in [2.75, 3.05) is 32.3 Å². The number of anilines is 1. The first-order chi connectivity index (χ1) is 20.1. The Bertz CT molecular complexity index is 1410. The fourth-order valence-electron chi connectivity index (χ4n) is 4.91. The number of amides is 1. The number of hydrogen-bond acceptors (Lipinski definition) is 9. The minimum atomic E-state index is -0.947. The zero-order chi connectivity index (χ0) is 30.4. The van der Waals surface area contributed by atoms with Crippen molar-refractivity contribution >= 4 is 29.2 Å². The van der Waals surface area contributed by atoms with Crippen LogP contribution in [-0.4, -0.2) is 65.7 Å². The summed E-state index contributed by atoms with van der Waals surface area (Å²) in [5.74, 6) is 0.479. The minimum Gasteiger partial charge on any atom is -0.493 e. The summed E-state index contributed by atoms with van der Waals surface area (Å²) in [6.45, 7) is 3.89. The average Bonchev–Trinajstić information content (AvgIpc) is 3.39. The van der Waals surface area contributed by atoms with Gasteiger partial charge in [0, 0.05) is 53.2 Å². The van der Waals surface area contributed by atoms with Gasteiger partial charge in [-0.3, -0.25) is 9.59 Å². The summed E-state index contributed by atoms with van der Waals surface area (Å²) in [4.78, 5) is 30.9. The zero-order valence-corrected chi connectivity index (χ0v) is 24.9. The average molecular weight is 602 g/mol. The Hall–Kier alpha value is -3.67. The van der Waals surface area contributed by atoms with E-state index < -0.39 is 23.6 Å². The highest BCUT2D eigenvalue weighted by molar-refractivity contribution is 6.30. The molecule has 12 heteroatoms. The number of aromatic nitrogens is 2. The molecule has 0 radical (unpaired) electrons. The fourth-order valence-corrected chi connectivity index (χ4v) is 5.09. The number of halogens is 1. The number of nitrogens with zero attached hydrogens (tertiary/aromatic N) is 3. The summed E-state index contributed by atoms with van der Waals surface area (Å²) < 4.78 is 23.1. The summed E-state index contributed by atoms with van der Waals surface area (Å²) in [6.07, 6.45) is -0.336. The Morgan fingerprint density at radius 2 is 1.93 bits per heavy atom. The monoisotopic (exact) mass is 601 g/mol. The lowest BCUT2D eigenvalue weighted by atomic mass is 9.92. The number of carboxylic acids is 1. The van der Waals surface area contributed by atoms with Crippen molar-refractivity contribution in [1.29, 1.82) is 0 Å². The largest absolute Gasteiger partial charge is 0.493 e. The topological polar surface area (TPSA) is 144 Å². The van der Waals surface area contributed by atoms with E-state index in [9.17, 15) is 14.7 Å². The lowest BCUT2D eigenvalue weighted by Crippen LogP contribution is -2.45. The molecule has 2 aromatic carbocycles. The second-order valence-corrected chi connectivity index (χ2v) is 11.4. The first-order valence-electron chi connectivity index (χ1n) is 13.7. The summed E-state index contributed by atoms with van der Waals surface area (Å²) in [7, 11) is 3.10. The van der Waals surface area contributed by atoms with Gasteiger partial charge in [0.05, 0.1) is 20.6 Å². The van der Waals surface area contributed by atoms with Crippen LogP contribution in [0.2, 0.25) is 5.02 Å². The van der Waals surface area contributed by atoms with Crippen LogP contribution in [-0.2, 0) is 27.2 Å². The van der Waals surface area contributed by atoms with E-state index in [1.54, 1.807) is 43.4 Å². The summed E-state index contributed by atoms with van der Waals surface area (Å²) in [6, 6.07) is 10.8. The molecular formula is C30H36ClN3O8. The molecule has 1 aliphatic heterocycles. The third-order valence-corrected chi connectivity index (χ3v) is 7.30. The van der Waals surface area contributed by atoms with Gasteiger partial charge in [-0.2, -0.15) is 4.98 Å². The number of carbonyl (C=O) groups excluding carboxylic acids is 1. The summed E-state index contributed by atoms with van der Waals surface area (Å²) in [5.41, 5.74) is 1.38. The summed E-state index contributed by atoms with van der Waals surface area (Å²) in [5, 5.41) is 23.4. The number of aliphatic carboxylic acids is 1. The van der Waals surface area contributed by atoms with Gasteiger partial charge in [0.25, 0.3) is 5.91 Å². The van der Waals surface area contributed by atoms with Crippen LogP contribution in [0, 0.1) is 5.41 Å². The highest BCUT2D eigenvalue weighted by atomic mass is 35.5. The molecule has 0 spiro atoms. The Morgan fingerprint density at radius 3 is 2.62 bits per heavy atom. The van der Waals surface area contributed by atoms with E-state index >= 15 is 0 Å². The van der Waals surface area contributed by atoms with Crippen LogP contribution < -0.4 is 14.4 Å². The molecule has 0 fully saturated rings. The number of methoxy groups -OCH3 is 2. The maximum atomic E-state index is 14.2. The SMILES string of the molecule is COc1cccc(C2OC(CCCc3noc(CCC(=O)O)n3)C(=O)N(CC(C)(C)CO)c3ccc(Cl)cc32)c1OC. The highest BCUT2D eigenvalue weighted by Crippen LogP contribution is 2.45. The molecule has 0 saturated heterocycles. The van der Waals surface area contributed by atoms with Crippen LogP contribution in [0.15, 0.2) is 40.9 Å². The third kappa shape index (κ3) is 7.21. The predicted octanol–water partition coefficient (Wildman–Crippen LogP) is 4.62.